The van der Waals surface area contributed by atoms with Crippen LogP contribution in [-0.4, -0.2) is 38.8 Å². The zero-order valence-corrected chi connectivity index (χ0v) is 11.5. The lowest BCUT2D eigenvalue weighted by molar-refractivity contribution is 0.248. The molecule has 1 N–H and O–H groups in total. The Morgan fingerprint density at radius 1 is 1.32 bits per heavy atom. The summed E-state index contributed by atoms with van der Waals surface area (Å²) in [5, 5.41) is 8.94. The smallest absolute Gasteiger partial charge is 0.330 e. The first kappa shape index (κ1) is 14.0. The van der Waals surface area contributed by atoms with E-state index in [2.05, 4.69) is 4.90 Å². The van der Waals surface area contributed by atoms with Crippen LogP contribution in [0.5, 0.6) is 0 Å². The molecule has 0 aliphatic carbocycles. The van der Waals surface area contributed by atoms with Crippen molar-refractivity contribution in [3.8, 4) is 0 Å². The summed E-state index contributed by atoms with van der Waals surface area (Å²) in [4.78, 5) is 25.7. The van der Waals surface area contributed by atoms with Crippen molar-refractivity contribution in [1.82, 2.24) is 14.0 Å². The lowest BCUT2D eigenvalue weighted by atomic mass is 10.1. The topological polar surface area (TPSA) is 67.5 Å². The molecule has 1 aromatic rings. The van der Waals surface area contributed by atoms with Crippen LogP contribution in [0.15, 0.2) is 15.7 Å². The van der Waals surface area contributed by atoms with Crippen molar-refractivity contribution in [3.63, 3.8) is 0 Å². The second kappa shape index (κ2) is 5.71. The summed E-state index contributed by atoms with van der Waals surface area (Å²) in [6, 6.07) is 1.53. The molecule has 0 radical (unpaired) electrons. The van der Waals surface area contributed by atoms with Crippen molar-refractivity contribution >= 4 is 0 Å². The number of hydrogen-bond donors (Lipinski definition) is 1. The second-order valence-electron chi connectivity index (χ2n) is 5.28. The van der Waals surface area contributed by atoms with Gasteiger partial charge in [-0.25, -0.2) is 4.79 Å². The average Bonchev–Trinajstić information content (AvgIpc) is 2.81. The van der Waals surface area contributed by atoms with Gasteiger partial charge in [-0.15, -0.1) is 0 Å². The van der Waals surface area contributed by atoms with Crippen LogP contribution in [0.3, 0.4) is 0 Å². The summed E-state index contributed by atoms with van der Waals surface area (Å²) >= 11 is 0. The molecule has 106 valence electrons. The Hall–Kier alpha value is -1.40. The molecule has 6 heteroatoms. The summed E-state index contributed by atoms with van der Waals surface area (Å²) in [5.41, 5.74) is 0.204. The Labute approximate surface area is 111 Å². The van der Waals surface area contributed by atoms with Crippen LogP contribution in [-0.2, 0) is 20.6 Å². The van der Waals surface area contributed by atoms with Gasteiger partial charge in [0.05, 0.1) is 0 Å². The SMILES string of the molecule is Cn1c(CN2CCC(CCO)C2)cc(=O)n(C)c1=O. The minimum Gasteiger partial charge on any atom is -0.396 e. The number of aromatic nitrogens is 2. The van der Waals surface area contributed by atoms with Crippen LogP contribution < -0.4 is 11.2 Å². The largest absolute Gasteiger partial charge is 0.396 e. The minimum absolute atomic E-state index is 0.225. The third kappa shape index (κ3) is 2.96. The van der Waals surface area contributed by atoms with E-state index in [1.54, 1.807) is 7.05 Å². The minimum atomic E-state index is -0.284. The van der Waals surface area contributed by atoms with E-state index in [0.29, 0.717) is 12.5 Å². The summed E-state index contributed by atoms with van der Waals surface area (Å²) in [5.74, 6) is 0.522. The zero-order chi connectivity index (χ0) is 14.0. The molecule has 0 bridgehead atoms. The lowest BCUT2D eigenvalue weighted by Crippen LogP contribution is -2.39. The van der Waals surface area contributed by atoms with Crippen molar-refractivity contribution in [2.75, 3.05) is 19.7 Å². The van der Waals surface area contributed by atoms with E-state index in [-0.39, 0.29) is 17.9 Å². The van der Waals surface area contributed by atoms with Crippen LogP contribution in [0.1, 0.15) is 18.5 Å². The summed E-state index contributed by atoms with van der Waals surface area (Å²) in [6.07, 6.45) is 1.89. The number of aliphatic hydroxyl groups excluding tert-OH is 1. The molecule has 1 atom stereocenters. The molecule has 1 fully saturated rings. The molecular weight excluding hydrogens is 246 g/mol. The third-order valence-electron chi connectivity index (χ3n) is 3.92. The third-order valence-corrected chi connectivity index (χ3v) is 3.92. The number of hydrogen-bond acceptors (Lipinski definition) is 4. The van der Waals surface area contributed by atoms with E-state index in [1.807, 2.05) is 0 Å². The van der Waals surface area contributed by atoms with Crippen molar-refractivity contribution in [3.05, 3.63) is 32.6 Å². The van der Waals surface area contributed by atoms with Gasteiger partial charge in [0.1, 0.15) is 0 Å². The Balaban J connectivity index is 2.13. The fraction of sp³-hybridized carbons (Fsp3) is 0.692. The Kier molecular flexibility index (Phi) is 4.21. The Morgan fingerprint density at radius 3 is 2.74 bits per heavy atom. The maximum atomic E-state index is 11.8. The van der Waals surface area contributed by atoms with Gasteiger partial charge in [-0.1, -0.05) is 0 Å². The van der Waals surface area contributed by atoms with E-state index >= 15 is 0 Å². The Morgan fingerprint density at radius 2 is 2.05 bits per heavy atom. The van der Waals surface area contributed by atoms with Gasteiger partial charge in [0.25, 0.3) is 5.56 Å². The molecule has 1 aliphatic rings. The summed E-state index contributed by atoms with van der Waals surface area (Å²) in [7, 11) is 3.18. The van der Waals surface area contributed by atoms with Crippen LogP contribution in [0.25, 0.3) is 0 Å². The van der Waals surface area contributed by atoms with Crippen LogP contribution in [0, 0.1) is 5.92 Å². The van der Waals surface area contributed by atoms with Gasteiger partial charge in [0, 0.05) is 45.6 Å². The highest BCUT2D eigenvalue weighted by atomic mass is 16.3. The van der Waals surface area contributed by atoms with E-state index in [9.17, 15) is 9.59 Å². The standard InChI is InChI=1S/C13H21N3O3/c1-14-11(7-12(18)15(2)13(14)19)9-16-5-3-10(8-16)4-6-17/h7,10,17H,3-6,8-9H2,1-2H3. The van der Waals surface area contributed by atoms with Gasteiger partial charge < -0.3 is 5.11 Å². The highest BCUT2D eigenvalue weighted by molar-refractivity contribution is 5.02. The van der Waals surface area contributed by atoms with Gasteiger partial charge in [0.15, 0.2) is 0 Å². The molecule has 0 aromatic carbocycles. The molecule has 19 heavy (non-hydrogen) atoms. The first-order valence-corrected chi connectivity index (χ1v) is 6.62. The fourth-order valence-corrected chi connectivity index (χ4v) is 2.63. The molecule has 2 rings (SSSR count). The predicted molar refractivity (Wildman–Crippen MR) is 72.0 cm³/mol. The highest BCUT2D eigenvalue weighted by Gasteiger charge is 2.22. The second-order valence-corrected chi connectivity index (χ2v) is 5.28. The molecule has 0 saturated carbocycles. The van der Waals surface area contributed by atoms with Crippen molar-refractivity contribution < 1.29 is 5.11 Å². The number of likely N-dealkylation sites (tertiary alicyclic amines) is 1. The quantitative estimate of drug-likeness (QED) is 0.782. The molecule has 0 amide bonds. The average molecular weight is 267 g/mol. The fourth-order valence-electron chi connectivity index (χ4n) is 2.63. The molecule has 1 unspecified atom stereocenters. The zero-order valence-electron chi connectivity index (χ0n) is 11.5. The molecule has 2 heterocycles. The van der Waals surface area contributed by atoms with Crippen molar-refractivity contribution in [2.45, 2.75) is 19.4 Å². The molecule has 1 aromatic heterocycles. The van der Waals surface area contributed by atoms with Crippen molar-refractivity contribution in [2.24, 2.45) is 20.0 Å². The summed E-state index contributed by atoms with van der Waals surface area (Å²) < 4.78 is 2.64. The van der Waals surface area contributed by atoms with Crippen LogP contribution in [0.4, 0.5) is 0 Å². The normalized spacial score (nSPS) is 20.1. The molecule has 6 nitrogen and oxygen atoms in total. The van der Waals surface area contributed by atoms with Gasteiger partial charge in [-0.3, -0.25) is 18.8 Å². The van der Waals surface area contributed by atoms with E-state index in [1.165, 1.54) is 17.7 Å². The highest BCUT2D eigenvalue weighted by Crippen LogP contribution is 2.20. The van der Waals surface area contributed by atoms with E-state index < -0.39 is 0 Å². The van der Waals surface area contributed by atoms with Gasteiger partial charge in [-0.2, -0.15) is 0 Å². The first-order chi connectivity index (χ1) is 9.02. The maximum Gasteiger partial charge on any atom is 0.330 e. The van der Waals surface area contributed by atoms with Gasteiger partial charge in [-0.05, 0) is 25.3 Å². The van der Waals surface area contributed by atoms with Gasteiger partial charge in [0.2, 0.25) is 0 Å². The first-order valence-electron chi connectivity index (χ1n) is 6.62. The monoisotopic (exact) mass is 267 g/mol. The predicted octanol–water partition coefficient (Wildman–Crippen LogP) is -0.712. The van der Waals surface area contributed by atoms with Crippen LogP contribution >= 0.6 is 0 Å². The number of nitrogens with zero attached hydrogens (tertiary/aromatic N) is 3. The van der Waals surface area contributed by atoms with Crippen molar-refractivity contribution in [1.29, 1.82) is 0 Å². The molecule has 1 aliphatic heterocycles. The maximum absolute atomic E-state index is 11.8. The van der Waals surface area contributed by atoms with Crippen LogP contribution in [0.2, 0.25) is 0 Å². The van der Waals surface area contributed by atoms with Gasteiger partial charge >= 0.3 is 5.69 Å². The lowest BCUT2D eigenvalue weighted by Gasteiger charge is -2.18. The Bertz CT molecular complexity index is 561. The number of aliphatic hydroxyl groups is 1. The summed E-state index contributed by atoms with van der Waals surface area (Å²) in [6.45, 7) is 2.71. The molecular formula is C13H21N3O3. The molecule has 0 spiro atoms. The van der Waals surface area contributed by atoms with E-state index in [4.69, 9.17) is 5.11 Å². The molecule has 1 saturated heterocycles. The van der Waals surface area contributed by atoms with E-state index in [0.717, 1.165) is 36.2 Å². The number of rotatable bonds is 4.